The van der Waals surface area contributed by atoms with E-state index in [0.717, 1.165) is 12.3 Å². The van der Waals surface area contributed by atoms with Crippen LogP contribution in [0, 0.1) is 10.1 Å². The molecule has 8 heavy (non-hydrogen) atoms. The molecule has 0 amide bonds. The van der Waals surface area contributed by atoms with Gasteiger partial charge >= 0.3 is 0 Å². The molecule has 0 rings (SSSR count). The van der Waals surface area contributed by atoms with Crippen LogP contribution in [0.15, 0.2) is 24.6 Å². The minimum absolute atomic E-state index is 0.201. The maximum atomic E-state index is 9.69. The molecule has 0 saturated carbocycles. The van der Waals surface area contributed by atoms with Gasteiger partial charge in [0.15, 0.2) is 0 Å². The van der Waals surface area contributed by atoms with Gasteiger partial charge < -0.3 is 5.73 Å². The lowest BCUT2D eigenvalue weighted by Gasteiger charge is -1.82. The largest absolute Gasteiger partial charge is 0.404 e. The number of nitrogens with two attached hydrogens (primary N) is 1. The van der Waals surface area contributed by atoms with Crippen LogP contribution in [-0.2, 0) is 0 Å². The Morgan fingerprint density at radius 1 is 1.88 bits per heavy atom. The Kier molecular flexibility index (Phi) is 2.33. The van der Waals surface area contributed by atoms with E-state index in [4.69, 9.17) is 5.73 Å². The van der Waals surface area contributed by atoms with Crippen molar-refractivity contribution in [3.05, 3.63) is 34.7 Å². The van der Waals surface area contributed by atoms with Gasteiger partial charge in [0.2, 0.25) is 0 Å². The van der Waals surface area contributed by atoms with Crippen LogP contribution >= 0.6 is 0 Å². The quantitative estimate of drug-likeness (QED) is 0.318. The third-order valence-electron chi connectivity index (χ3n) is 0.523. The summed E-state index contributed by atoms with van der Waals surface area (Å²) in [4.78, 5) is 9.08. The van der Waals surface area contributed by atoms with Crippen LogP contribution in [0.5, 0.6) is 0 Å². The van der Waals surface area contributed by atoms with Crippen molar-refractivity contribution in [3.8, 4) is 0 Å². The molecular formula is C4H6N2O2. The Morgan fingerprint density at radius 3 is 2.50 bits per heavy atom. The summed E-state index contributed by atoms with van der Waals surface area (Å²) in [6.07, 6.45) is 2.20. The molecule has 0 aliphatic rings. The molecule has 44 valence electrons. The van der Waals surface area contributed by atoms with Gasteiger partial charge in [0.1, 0.15) is 0 Å². The van der Waals surface area contributed by atoms with Crippen molar-refractivity contribution >= 4 is 0 Å². The number of nitrogens with zero attached hydrogens (tertiary/aromatic N) is 1. The molecule has 0 radical (unpaired) electrons. The van der Waals surface area contributed by atoms with Crippen LogP contribution in [0.2, 0.25) is 0 Å². The highest BCUT2D eigenvalue weighted by Crippen LogP contribution is 1.89. The average molecular weight is 114 g/mol. The van der Waals surface area contributed by atoms with E-state index in [9.17, 15) is 10.1 Å². The molecule has 4 heteroatoms. The smallest absolute Gasteiger partial charge is 0.263 e. The molecule has 0 unspecified atom stereocenters. The Balaban J connectivity index is 3.85. The maximum absolute atomic E-state index is 9.69. The van der Waals surface area contributed by atoms with Gasteiger partial charge in [-0.25, -0.2) is 0 Å². The lowest BCUT2D eigenvalue weighted by molar-refractivity contribution is -0.418. The molecule has 0 fully saturated rings. The number of hydrogen-bond donors (Lipinski definition) is 1. The first kappa shape index (κ1) is 6.68. The topological polar surface area (TPSA) is 69.2 Å². The summed E-state index contributed by atoms with van der Waals surface area (Å²) in [5.41, 5.74) is 4.62. The zero-order valence-electron chi connectivity index (χ0n) is 4.20. The normalized spacial score (nSPS) is 9.50. The Bertz CT molecular complexity index is 139. The van der Waals surface area contributed by atoms with Crippen LogP contribution in [0.4, 0.5) is 0 Å². The third kappa shape index (κ3) is 1.96. The minimum Gasteiger partial charge on any atom is -0.404 e. The average Bonchev–Trinajstić information content (AvgIpc) is 1.67. The van der Waals surface area contributed by atoms with Crippen molar-refractivity contribution in [2.45, 2.75) is 0 Å². The Morgan fingerprint density at radius 2 is 2.38 bits per heavy atom. The molecule has 4 nitrogen and oxygen atoms in total. The fourth-order valence-corrected chi connectivity index (χ4v) is 0.172. The highest BCUT2D eigenvalue weighted by Gasteiger charge is 1.96. The van der Waals surface area contributed by atoms with Gasteiger partial charge in [-0.15, -0.1) is 0 Å². The van der Waals surface area contributed by atoms with Gasteiger partial charge in [0.05, 0.1) is 4.92 Å². The van der Waals surface area contributed by atoms with E-state index in [1.807, 2.05) is 0 Å². The fraction of sp³-hybridized carbons (Fsp3) is 0. The first-order chi connectivity index (χ1) is 3.68. The Labute approximate surface area is 46.4 Å². The summed E-state index contributed by atoms with van der Waals surface area (Å²) in [7, 11) is 0. The predicted octanol–water partition coefficient (Wildman–Crippen LogP) is 0.249. The molecule has 0 atom stereocenters. The second kappa shape index (κ2) is 2.79. The van der Waals surface area contributed by atoms with Crippen molar-refractivity contribution in [1.82, 2.24) is 0 Å². The minimum atomic E-state index is -0.608. The highest BCUT2D eigenvalue weighted by molar-refractivity contribution is 5.03. The molecule has 0 saturated heterocycles. The molecule has 0 aromatic heterocycles. The molecule has 0 aliphatic carbocycles. The number of nitro groups is 1. The summed E-state index contributed by atoms with van der Waals surface area (Å²) < 4.78 is 0. The van der Waals surface area contributed by atoms with Gasteiger partial charge in [-0.3, -0.25) is 10.1 Å². The number of hydrogen-bond acceptors (Lipinski definition) is 3. The summed E-state index contributed by atoms with van der Waals surface area (Å²) in [5.74, 6) is 0. The van der Waals surface area contributed by atoms with Gasteiger partial charge in [0.25, 0.3) is 5.70 Å². The SMILES string of the molecule is C=C(/C=C/N)[N+](=O)[O-]. The van der Waals surface area contributed by atoms with E-state index in [-0.39, 0.29) is 5.70 Å². The van der Waals surface area contributed by atoms with Crippen LogP contribution < -0.4 is 5.73 Å². The summed E-state index contributed by atoms with van der Waals surface area (Å²) in [6, 6.07) is 0. The predicted molar refractivity (Wildman–Crippen MR) is 29.5 cm³/mol. The first-order valence-corrected chi connectivity index (χ1v) is 1.90. The van der Waals surface area contributed by atoms with E-state index in [0.29, 0.717) is 0 Å². The van der Waals surface area contributed by atoms with E-state index in [1.165, 1.54) is 0 Å². The second-order valence-electron chi connectivity index (χ2n) is 1.11. The molecule has 0 bridgehead atoms. The van der Waals surface area contributed by atoms with Crippen molar-refractivity contribution in [1.29, 1.82) is 0 Å². The summed E-state index contributed by atoms with van der Waals surface area (Å²) >= 11 is 0. The van der Waals surface area contributed by atoms with Gasteiger partial charge in [0, 0.05) is 12.3 Å². The molecular weight excluding hydrogens is 108 g/mol. The summed E-state index contributed by atoms with van der Waals surface area (Å²) in [6.45, 7) is 3.08. The van der Waals surface area contributed by atoms with Crippen molar-refractivity contribution < 1.29 is 4.92 Å². The van der Waals surface area contributed by atoms with Crippen LogP contribution in [0.25, 0.3) is 0 Å². The van der Waals surface area contributed by atoms with E-state index < -0.39 is 4.92 Å². The standard InChI is InChI=1S/C4H6N2O2/c1-4(2-3-5)6(7)8/h2-3H,1,5H2/b3-2+. The highest BCUT2D eigenvalue weighted by atomic mass is 16.6. The molecule has 2 N–H and O–H groups in total. The summed E-state index contributed by atoms with van der Waals surface area (Å²) in [5, 5.41) is 9.69. The zero-order valence-corrected chi connectivity index (χ0v) is 4.20. The van der Waals surface area contributed by atoms with Crippen LogP contribution in [0.1, 0.15) is 0 Å². The lowest BCUT2D eigenvalue weighted by Crippen LogP contribution is -1.93. The first-order valence-electron chi connectivity index (χ1n) is 1.90. The van der Waals surface area contributed by atoms with E-state index in [2.05, 4.69) is 6.58 Å². The van der Waals surface area contributed by atoms with E-state index >= 15 is 0 Å². The van der Waals surface area contributed by atoms with Gasteiger partial charge in [-0.2, -0.15) is 0 Å². The molecule has 0 heterocycles. The van der Waals surface area contributed by atoms with E-state index in [1.54, 1.807) is 0 Å². The van der Waals surface area contributed by atoms with Crippen molar-refractivity contribution in [2.75, 3.05) is 0 Å². The van der Waals surface area contributed by atoms with Gasteiger partial charge in [-0.1, -0.05) is 0 Å². The zero-order chi connectivity index (χ0) is 6.57. The maximum Gasteiger partial charge on any atom is 0.263 e. The lowest BCUT2D eigenvalue weighted by atomic mass is 10.5. The van der Waals surface area contributed by atoms with Crippen LogP contribution in [-0.4, -0.2) is 4.92 Å². The number of allylic oxidation sites excluding steroid dienone is 1. The Hall–Kier alpha value is -1.32. The fourth-order valence-electron chi connectivity index (χ4n) is 0.172. The van der Waals surface area contributed by atoms with Gasteiger partial charge in [-0.05, 0) is 6.58 Å². The molecule has 0 aromatic rings. The van der Waals surface area contributed by atoms with Crippen molar-refractivity contribution in [2.24, 2.45) is 5.73 Å². The number of rotatable bonds is 2. The molecule has 0 aliphatic heterocycles. The molecule has 0 aromatic carbocycles. The second-order valence-corrected chi connectivity index (χ2v) is 1.11. The van der Waals surface area contributed by atoms with Crippen LogP contribution in [0.3, 0.4) is 0 Å². The monoisotopic (exact) mass is 114 g/mol. The molecule has 0 spiro atoms. The van der Waals surface area contributed by atoms with Crippen molar-refractivity contribution in [3.63, 3.8) is 0 Å². The third-order valence-corrected chi connectivity index (χ3v) is 0.523.